The molecule has 0 fully saturated rings. The maximum absolute atomic E-state index is 4.97. The van der Waals surface area contributed by atoms with Crippen LogP contribution < -0.4 is 4.74 Å². The highest BCUT2D eigenvalue weighted by atomic mass is 79.9. The van der Waals surface area contributed by atoms with Gasteiger partial charge in [-0.2, -0.15) is 0 Å². The van der Waals surface area contributed by atoms with Crippen molar-refractivity contribution in [1.29, 1.82) is 0 Å². The van der Waals surface area contributed by atoms with Crippen molar-refractivity contribution in [3.63, 3.8) is 0 Å². The van der Waals surface area contributed by atoms with Crippen LogP contribution in [0.3, 0.4) is 0 Å². The molecule has 1 heterocycles. The van der Waals surface area contributed by atoms with E-state index in [1.54, 1.807) is 7.11 Å². The number of rotatable bonds is 3. The maximum Gasteiger partial charge on any atom is 0.213 e. The quantitative estimate of drug-likeness (QED) is 0.721. The van der Waals surface area contributed by atoms with Crippen molar-refractivity contribution in [2.45, 2.75) is 6.42 Å². The molecule has 0 bridgehead atoms. The number of halogens is 1. The number of aromatic nitrogens is 1. The number of aryl methyl sites for hydroxylation is 1. The first-order valence-corrected chi connectivity index (χ1v) is 4.55. The van der Waals surface area contributed by atoms with Crippen molar-refractivity contribution in [1.82, 2.24) is 4.98 Å². The van der Waals surface area contributed by atoms with E-state index in [0.29, 0.717) is 5.88 Å². The SMILES string of the molecule is COc1cccc(CCBr)n1. The Morgan fingerprint density at radius 1 is 1.55 bits per heavy atom. The molecule has 2 nitrogen and oxygen atoms in total. The van der Waals surface area contributed by atoms with Crippen molar-refractivity contribution in [3.8, 4) is 5.88 Å². The van der Waals surface area contributed by atoms with Crippen LogP contribution in [0.1, 0.15) is 5.69 Å². The second-order valence-corrected chi connectivity index (χ2v) is 2.90. The summed E-state index contributed by atoms with van der Waals surface area (Å²) in [4.78, 5) is 4.23. The molecule has 1 rings (SSSR count). The van der Waals surface area contributed by atoms with Crippen molar-refractivity contribution < 1.29 is 4.74 Å². The summed E-state index contributed by atoms with van der Waals surface area (Å²) in [6.07, 6.45) is 0.942. The van der Waals surface area contributed by atoms with E-state index in [4.69, 9.17) is 4.74 Å². The van der Waals surface area contributed by atoms with Crippen molar-refractivity contribution in [2.75, 3.05) is 12.4 Å². The predicted octanol–water partition coefficient (Wildman–Crippen LogP) is 2.03. The Balaban J connectivity index is 2.74. The number of hydrogen-bond donors (Lipinski definition) is 0. The molecular formula is C8H10BrNO. The van der Waals surface area contributed by atoms with E-state index < -0.39 is 0 Å². The molecule has 0 unspecified atom stereocenters. The zero-order valence-electron chi connectivity index (χ0n) is 6.38. The second kappa shape index (κ2) is 4.34. The number of nitrogens with zero attached hydrogens (tertiary/aromatic N) is 1. The van der Waals surface area contributed by atoms with E-state index in [1.807, 2.05) is 18.2 Å². The highest BCUT2D eigenvalue weighted by Gasteiger charge is 1.94. The Kier molecular flexibility index (Phi) is 3.36. The largest absolute Gasteiger partial charge is 0.481 e. The summed E-state index contributed by atoms with van der Waals surface area (Å²) in [7, 11) is 1.63. The monoisotopic (exact) mass is 215 g/mol. The molecule has 0 radical (unpaired) electrons. The Bertz CT molecular complexity index is 227. The van der Waals surface area contributed by atoms with Crippen LogP contribution in [0.2, 0.25) is 0 Å². The average Bonchev–Trinajstić information content (AvgIpc) is 2.06. The fourth-order valence-electron chi connectivity index (χ4n) is 0.807. The van der Waals surface area contributed by atoms with Crippen LogP contribution in [0.4, 0.5) is 0 Å². The van der Waals surface area contributed by atoms with Gasteiger partial charge in [0.05, 0.1) is 7.11 Å². The van der Waals surface area contributed by atoms with E-state index >= 15 is 0 Å². The molecule has 0 aliphatic carbocycles. The molecule has 0 atom stereocenters. The predicted molar refractivity (Wildman–Crippen MR) is 48.3 cm³/mol. The molecule has 0 N–H and O–H groups in total. The van der Waals surface area contributed by atoms with Crippen molar-refractivity contribution in [2.24, 2.45) is 0 Å². The standard InChI is InChI=1S/C8H10BrNO/c1-11-8-4-2-3-7(10-8)5-6-9/h2-4H,5-6H2,1H3. The molecule has 0 aliphatic rings. The summed E-state index contributed by atoms with van der Waals surface area (Å²) in [5.74, 6) is 0.684. The van der Waals surface area contributed by atoms with Gasteiger partial charge in [0, 0.05) is 17.1 Å². The van der Waals surface area contributed by atoms with Crippen LogP contribution in [0.15, 0.2) is 18.2 Å². The van der Waals surface area contributed by atoms with Gasteiger partial charge in [-0.25, -0.2) is 4.98 Å². The van der Waals surface area contributed by atoms with Gasteiger partial charge in [0.25, 0.3) is 0 Å². The minimum Gasteiger partial charge on any atom is -0.481 e. The lowest BCUT2D eigenvalue weighted by Gasteiger charge is -2.00. The molecule has 0 amide bonds. The summed E-state index contributed by atoms with van der Waals surface area (Å²) in [6.45, 7) is 0. The molecule has 60 valence electrons. The van der Waals surface area contributed by atoms with Gasteiger partial charge in [0.15, 0.2) is 0 Å². The zero-order chi connectivity index (χ0) is 8.10. The number of alkyl halides is 1. The zero-order valence-corrected chi connectivity index (χ0v) is 7.97. The van der Waals surface area contributed by atoms with E-state index in [2.05, 4.69) is 20.9 Å². The fraction of sp³-hybridized carbons (Fsp3) is 0.375. The Labute approximate surface area is 74.7 Å². The van der Waals surface area contributed by atoms with Gasteiger partial charge in [-0.3, -0.25) is 0 Å². The number of pyridine rings is 1. The first-order valence-electron chi connectivity index (χ1n) is 3.42. The lowest BCUT2D eigenvalue weighted by Crippen LogP contribution is -1.93. The molecule has 11 heavy (non-hydrogen) atoms. The van der Waals surface area contributed by atoms with Crippen molar-refractivity contribution >= 4 is 15.9 Å². The minimum atomic E-state index is 0.684. The van der Waals surface area contributed by atoms with E-state index in [9.17, 15) is 0 Å². The van der Waals surface area contributed by atoms with E-state index in [1.165, 1.54) is 0 Å². The lowest BCUT2D eigenvalue weighted by atomic mass is 10.3. The first-order chi connectivity index (χ1) is 5.36. The number of methoxy groups -OCH3 is 1. The van der Waals surface area contributed by atoms with Crippen LogP contribution in [-0.2, 0) is 6.42 Å². The molecular weight excluding hydrogens is 206 g/mol. The van der Waals surface area contributed by atoms with E-state index in [0.717, 1.165) is 17.4 Å². The Morgan fingerprint density at radius 3 is 3.00 bits per heavy atom. The van der Waals surface area contributed by atoms with Crippen LogP contribution >= 0.6 is 15.9 Å². The van der Waals surface area contributed by atoms with Crippen LogP contribution in [0, 0.1) is 0 Å². The average molecular weight is 216 g/mol. The summed E-state index contributed by atoms with van der Waals surface area (Å²) in [6, 6.07) is 5.78. The number of hydrogen-bond acceptors (Lipinski definition) is 2. The Morgan fingerprint density at radius 2 is 2.36 bits per heavy atom. The number of ether oxygens (including phenoxy) is 1. The van der Waals surface area contributed by atoms with Gasteiger partial charge >= 0.3 is 0 Å². The molecule has 1 aromatic heterocycles. The third kappa shape index (κ3) is 2.50. The van der Waals surface area contributed by atoms with Gasteiger partial charge < -0.3 is 4.74 Å². The van der Waals surface area contributed by atoms with Gasteiger partial charge in [0.2, 0.25) is 5.88 Å². The van der Waals surface area contributed by atoms with E-state index in [-0.39, 0.29) is 0 Å². The molecule has 0 saturated heterocycles. The molecule has 0 spiro atoms. The molecule has 3 heteroatoms. The maximum atomic E-state index is 4.97. The smallest absolute Gasteiger partial charge is 0.213 e. The summed E-state index contributed by atoms with van der Waals surface area (Å²) in [5.41, 5.74) is 1.06. The first kappa shape index (κ1) is 8.53. The third-order valence-corrected chi connectivity index (χ3v) is 1.74. The summed E-state index contributed by atoms with van der Waals surface area (Å²) < 4.78 is 4.97. The third-order valence-electron chi connectivity index (χ3n) is 1.34. The minimum absolute atomic E-state index is 0.684. The van der Waals surface area contributed by atoms with Gasteiger partial charge in [-0.1, -0.05) is 22.0 Å². The normalized spacial score (nSPS) is 9.64. The van der Waals surface area contributed by atoms with Crippen LogP contribution in [0.25, 0.3) is 0 Å². The topological polar surface area (TPSA) is 22.1 Å². The van der Waals surface area contributed by atoms with Crippen molar-refractivity contribution in [3.05, 3.63) is 23.9 Å². The summed E-state index contributed by atoms with van der Waals surface area (Å²) >= 11 is 3.35. The Hall–Kier alpha value is -0.570. The molecule has 0 saturated carbocycles. The second-order valence-electron chi connectivity index (χ2n) is 2.11. The lowest BCUT2D eigenvalue weighted by molar-refractivity contribution is 0.396. The van der Waals surface area contributed by atoms with Gasteiger partial charge in [-0.15, -0.1) is 0 Å². The molecule has 0 aromatic carbocycles. The molecule has 1 aromatic rings. The fourth-order valence-corrected chi connectivity index (χ4v) is 1.21. The highest BCUT2D eigenvalue weighted by molar-refractivity contribution is 9.09. The highest BCUT2D eigenvalue weighted by Crippen LogP contribution is 2.07. The van der Waals surface area contributed by atoms with Gasteiger partial charge in [0.1, 0.15) is 0 Å². The summed E-state index contributed by atoms with van der Waals surface area (Å²) in [5, 5.41) is 0.938. The van der Waals surface area contributed by atoms with Crippen LogP contribution in [0.5, 0.6) is 5.88 Å². The van der Waals surface area contributed by atoms with Gasteiger partial charge in [-0.05, 0) is 12.5 Å². The molecule has 0 aliphatic heterocycles. The van der Waals surface area contributed by atoms with Crippen LogP contribution in [-0.4, -0.2) is 17.4 Å².